The van der Waals surface area contributed by atoms with Crippen molar-refractivity contribution >= 4 is 21.6 Å². The Morgan fingerprint density at radius 1 is 1.27 bits per heavy atom. The van der Waals surface area contributed by atoms with Crippen LogP contribution in [0.2, 0.25) is 0 Å². The van der Waals surface area contributed by atoms with Gasteiger partial charge in [-0.25, -0.2) is 8.42 Å². The lowest BCUT2D eigenvalue weighted by atomic mass is 10.1. The van der Waals surface area contributed by atoms with Gasteiger partial charge >= 0.3 is 0 Å². The summed E-state index contributed by atoms with van der Waals surface area (Å²) >= 11 is 0. The van der Waals surface area contributed by atoms with Gasteiger partial charge in [-0.1, -0.05) is 25.8 Å². The fourth-order valence-corrected chi connectivity index (χ4v) is 4.19. The van der Waals surface area contributed by atoms with Crippen molar-refractivity contribution in [3.05, 3.63) is 29.8 Å². The highest BCUT2D eigenvalue weighted by Gasteiger charge is 2.26. The summed E-state index contributed by atoms with van der Waals surface area (Å²) in [5.41, 5.74) is 1.09. The van der Waals surface area contributed by atoms with Gasteiger partial charge in [-0.15, -0.1) is 0 Å². The lowest BCUT2D eigenvalue weighted by Gasteiger charge is -2.28. The van der Waals surface area contributed by atoms with Gasteiger partial charge in [0.1, 0.15) is 0 Å². The third-order valence-electron chi connectivity index (χ3n) is 3.81. The Morgan fingerprint density at radius 2 is 2.09 bits per heavy atom. The van der Waals surface area contributed by atoms with E-state index in [9.17, 15) is 13.2 Å². The number of nitrogens with one attached hydrogen (secondary N) is 1. The molecule has 1 heterocycles. The molecule has 2 rings (SSSR count). The topological polar surface area (TPSA) is 66.5 Å². The van der Waals surface area contributed by atoms with E-state index in [-0.39, 0.29) is 11.7 Å². The van der Waals surface area contributed by atoms with Crippen LogP contribution < -0.4 is 9.62 Å². The van der Waals surface area contributed by atoms with Crippen molar-refractivity contribution in [2.75, 3.05) is 23.1 Å². The van der Waals surface area contributed by atoms with E-state index in [0.29, 0.717) is 30.8 Å². The number of amides is 1. The van der Waals surface area contributed by atoms with Crippen LogP contribution in [0.15, 0.2) is 24.3 Å². The van der Waals surface area contributed by atoms with E-state index in [1.165, 1.54) is 4.31 Å². The summed E-state index contributed by atoms with van der Waals surface area (Å²) in [4.78, 5) is 12.1. The molecule has 5 nitrogen and oxygen atoms in total. The minimum absolute atomic E-state index is 0.146. The van der Waals surface area contributed by atoms with Gasteiger partial charge in [0.15, 0.2) is 0 Å². The summed E-state index contributed by atoms with van der Waals surface area (Å²) in [6.45, 7) is 3.26. The lowest BCUT2D eigenvalue weighted by molar-refractivity contribution is 0.0953. The summed E-state index contributed by atoms with van der Waals surface area (Å²) in [5, 5.41) is 2.88. The fourth-order valence-electron chi connectivity index (χ4n) is 2.56. The van der Waals surface area contributed by atoms with Crippen LogP contribution >= 0.6 is 0 Å². The SMILES string of the molecule is CCCCCNC(=O)c1cccc(N2CCCCS2(=O)=O)c1. The first-order valence-corrected chi connectivity index (χ1v) is 9.54. The highest BCUT2D eigenvalue weighted by molar-refractivity contribution is 7.92. The van der Waals surface area contributed by atoms with E-state index < -0.39 is 10.0 Å². The first kappa shape index (κ1) is 16.8. The number of sulfonamides is 1. The monoisotopic (exact) mass is 324 g/mol. The maximum atomic E-state index is 12.1. The summed E-state index contributed by atoms with van der Waals surface area (Å²) in [6, 6.07) is 6.87. The van der Waals surface area contributed by atoms with Crippen LogP contribution in [-0.4, -0.2) is 33.2 Å². The predicted octanol–water partition coefficient (Wildman–Crippen LogP) is 2.54. The molecular weight excluding hydrogens is 300 g/mol. The first-order chi connectivity index (χ1) is 10.5. The third kappa shape index (κ3) is 4.22. The van der Waals surface area contributed by atoms with E-state index >= 15 is 0 Å². The van der Waals surface area contributed by atoms with Crippen molar-refractivity contribution in [1.82, 2.24) is 5.32 Å². The molecule has 1 aromatic rings. The molecule has 1 amide bonds. The summed E-state index contributed by atoms with van der Waals surface area (Å²) in [5.74, 6) is 0.0350. The van der Waals surface area contributed by atoms with Crippen LogP contribution in [0.1, 0.15) is 49.4 Å². The Bertz CT molecular complexity index is 614. The van der Waals surface area contributed by atoms with E-state index in [2.05, 4.69) is 12.2 Å². The zero-order chi connectivity index (χ0) is 16.0. The van der Waals surface area contributed by atoms with Crippen LogP contribution in [0.5, 0.6) is 0 Å². The molecule has 1 aliphatic rings. The summed E-state index contributed by atoms with van der Waals surface area (Å²) in [7, 11) is -3.24. The number of carbonyl (C=O) groups is 1. The quantitative estimate of drug-likeness (QED) is 0.818. The Hall–Kier alpha value is -1.56. The number of unbranched alkanes of at least 4 members (excludes halogenated alkanes) is 2. The van der Waals surface area contributed by atoms with Gasteiger partial charge in [0.2, 0.25) is 10.0 Å². The summed E-state index contributed by atoms with van der Waals surface area (Å²) in [6.07, 6.45) is 4.72. The Kier molecular flexibility index (Phi) is 5.83. The highest BCUT2D eigenvalue weighted by Crippen LogP contribution is 2.24. The first-order valence-electron chi connectivity index (χ1n) is 7.93. The molecule has 0 radical (unpaired) electrons. The fraction of sp³-hybridized carbons (Fsp3) is 0.562. The lowest BCUT2D eigenvalue weighted by Crippen LogP contribution is -2.38. The molecule has 1 fully saturated rings. The van der Waals surface area contributed by atoms with Gasteiger partial charge in [-0.3, -0.25) is 9.10 Å². The number of hydrogen-bond acceptors (Lipinski definition) is 3. The van der Waals surface area contributed by atoms with Crippen molar-refractivity contribution in [3.63, 3.8) is 0 Å². The van der Waals surface area contributed by atoms with E-state index in [0.717, 1.165) is 25.7 Å². The number of carbonyl (C=O) groups excluding carboxylic acids is 1. The predicted molar refractivity (Wildman–Crippen MR) is 88.7 cm³/mol. The number of hydrogen-bond donors (Lipinski definition) is 1. The second kappa shape index (κ2) is 7.63. The zero-order valence-electron chi connectivity index (χ0n) is 13.0. The molecule has 1 aromatic carbocycles. The van der Waals surface area contributed by atoms with Crippen LogP contribution in [0.3, 0.4) is 0 Å². The van der Waals surface area contributed by atoms with Gasteiger partial charge in [-0.2, -0.15) is 0 Å². The van der Waals surface area contributed by atoms with Crippen molar-refractivity contribution in [2.24, 2.45) is 0 Å². The molecule has 22 heavy (non-hydrogen) atoms. The number of benzene rings is 1. The molecular formula is C16H24N2O3S. The maximum Gasteiger partial charge on any atom is 0.251 e. The smallest absolute Gasteiger partial charge is 0.251 e. The van der Waals surface area contributed by atoms with E-state index in [1.807, 2.05) is 0 Å². The Morgan fingerprint density at radius 3 is 2.82 bits per heavy atom. The standard InChI is InChI=1S/C16H24N2O3S/c1-2-3-4-10-17-16(19)14-8-7-9-15(13-14)18-11-5-6-12-22(18,20)21/h7-9,13H,2-6,10-12H2,1H3,(H,17,19). The number of nitrogens with zero attached hydrogens (tertiary/aromatic N) is 1. The van der Waals surface area contributed by atoms with Crippen LogP contribution in [0.25, 0.3) is 0 Å². The van der Waals surface area contributed by atoms with Crippen molar-refractivity contribution in [3.8, 4) is 0 Å². The van der Waals surface area contributed by atoms with E-state index in [4.69, 9.17) is 0 Å². The van der Waals surface area contributed by atoms with Gasteiger partial charge in [-0.05, 0) is 37.5 Å². The molecule has 122 valence electrons. The normalized spacial score (nSPS) is 17.2. The molecule has 1 aliphatic heterocycles. The number of rotatable bonds is 6. The average Bonchev–Trinajstić information content (AvgIpc) is 2.51. The maximum absolute atomic E-state index is 12.1. The minimum Gasteiger partial charge on any atom is -0.352 e. The molecule has 0 aromatic heterocycles. The molecule has 0 bridgehead atoms. The van der Waals surface area contributed by atoms with Gasteiger partial charge in [0.05, 0.1) is 11.4 Å². The molecule has 0 aliphatic carbocycles. The molecule has 1 saturated heterocycles. The molecule has 0 unspecified atom stereocenters. The minimum atomic E-state index is -3.24. The van der Waals surface area contributed by atoms with Gasteiger partial charge in [0, 0.05) is 18.7 Å². The number of anilines is 1. The second-order valence-electron chi connectivity index (χ2n) is 5.61. The van der Waals surface area contributed by atoms with Crippen molar-refractivity contribution < 1.29 is 13.2 Å². The molecule has 1 N–H and O–H groups in total. The highest BCUT2D eigenvalue weighted by atomic mass is 32.2. The Balaban J connectivity index is 2.08. The summed E-state index contributed by atoms with van der Waals surface area (Å²) < 4.78 is 25.7. The second-order valence-corrected chi connectivity index (χ2v) is 7.62. The van der Waals surface area contributed by atoms with Crippen molar-refractivity contribution in [2.45, 2.75) is 39.0 Å². The molecule has 6 heteroatoms. The van der Waals surface area contributed by atoms with Crippen LogP contribution in [0.4, 0.5) is 5.69 Å². The average molecular weight is 324 g/mol. The molecule has 0 saturated carbocycles. The van der Waals surface area contributed by atoms with Gasteiger partial charge in [0.25, 0.3) is 5.91 Å². The largest absolute Gasteiger partial charge is 0.352 e. The van der Waals surface area contributed by atoms with E-state index in [1.54, 1.807) is 24.3 Å². The van der Waals surface area contributed by atoms with Gasteiger partial charge < -0.3 is 5.32 Å². The van der Waals surface area contributed by atoms with Crippen LogP contribution in [-0.2, 0) is 10.0 Å². The zero-order valence-corrected chi connectivity index (χ0v) is 13.9. The van der Waals surface area contributed by atoms with Crippen molar-refractivity contribution in [1.29, 1.82) is 0 Å². The molecule has 0 atom stereocenters. The third-order valence-corrected chi connectivity index (χ3v) is 5.68. The Labute approximate surface area is 132 Å². The molecule has 0 spiro atoms. The van der Waals surface area contributed by atoms with Crippen LogP contribution in [0, 0.1) is 0 Å².